The van der Waals surface area contributed by atoms with Crippen LogP contribution in [0.5, 0.6) is 0 Å². The largest absolute Gasteiger partial charge is 0.488 e. The Morgan fingerprint density at radius 1 is 0.875 bits per heavy atom. The summed E-state index contributed by atoms with van der Waals surface area (Å²) in [6.45, 7) is 0. The number of hydrogen-bond acceptors (Lipinski definition) is 2. The molecular formula is C12H10BFO2. The lowest BCUT2D eigenvalue weighted by Crippen LogP contribution is -2.29. The van der Waals surface area contributed by atoms with Crippen LogP contribution >= 0.6 is 0 Å². The second-order valence-corrected chi connectivity index (χ2v) is 3.48. The summed E-state index contributed by atoms with van der Waals surface area (Å²) in [6.07, 6.45) is 0. The van der Waals surface area contributed by atoms with Crippen molar-refractivity contribution in [2.24, 2.45) is 0 Å². The molecule has 0 aliphatic heterocycles. The maximum atomic E-state index is 13.4. The molecule has 0 atom stereocenters. The fourth-order valence-corrected chi connectivity index (χ4v) is 1.53. The van der Waals surface area contributed by atoms with Crippen LogP contribution in [0.15, 0.2) is 48.5 Å². The summed E-state index contributed by atoms with van der Waals surface area (Å²) in [5.41, 5.74) is 1.60. The van der Waals surface area contributed by atoms with Crippen molar-refractivity contribution < 1.29 is 14.4 Å². The van der Waals surface area contributed by atoms with E-state index in [-0.39, 0.29) is 5.82 Å². The Balaban J connectivity index is 2.39. The Labute approximate surface area is 93.1 Å². The molecule has 0 fully saturated rings. The zero-order valence-electron chi connectivity index (χ0n) is 8.47. The van der Waals surface area contributed by atoms with Gasteiger partial charge in [0.1, 0.15) is 5.82 Å². The highest BCUT2D eigenvalue weighted by Crippen LogP contribution is 2.21. The lowest BCUT2D eigenvalue weighted by molar-refractivity contribution is 0.426. The first-order valence-corrected chi connectivity index (χ1v) is 4.89. The molecule has 0 radical (unpaired) electrons. The van der Waals surface area contributed by atoms with E-state index in [1.165, 1.54) is 6.07 Å². The highest BCUT2D eigenvalue weighted by molar-refractivity contribution is 6.58. The minimum absolute atomic E-state index is 0.292. The Hall–Kier alpha value is -1.65. The van der Waals surface area contributed by atoms with E-state index in [0.717, 1.165) is 0 Å². The molecule has 0 heterocycles. The molecule has 2 nitrogen and oxygen atoms in total. The van der Waals surface area contributed by atoms with Gasteiger partial charge in [0.05, 0.1) is 0 Å². The summed E-state index contributed by atoms with van der Waals surface area (Å²) < 4.78 is 13.4. The van der Waals surface area contributed by atoms with E-state index in [2.05, 4.69) is 0 Å². The summed E-state index contributed by atoms with van der Waals surface area (Å²) in [5.74, 6) is -0.292. The highest BCUT2D eigenvalue weighted by atomic mass is 19.1. The van der Waals surface area contributed by atoms with E-state index in [1.54, 1.807) is 42.5 Å². The van der Waals surface area contributed by atoms with Gasteiger partial charge in [-0.25, -0.2) is 4.39 Å². The first-order chi connectivity index (χ1) is 7.68. The molecule has 16 heavy (non-hydrogen) atoms. The van der Waals surface area contributed by atoms with Gasteiger partial charge < -0.3 is 10.0 Å². The number of halogens is 1. The lowest BCUT2D eigenvalue weighted by atomic mass is 9.80. The Bertz CT molecular complexity index is 483. The van der Waals surface area contributed by atoms with Crippen molar-refractivity contribution >= 4 is 12.6 Å². The fraction of sp³-hybridized carbons (Fsp3) is 0. The molecule has 0 aromatic heterocycles. The third-order valence-electron chi connectivity index (χ3n) is 2.39. The Kier molecular flexibility index (Phi) is 3.03. The van der Waals surface area contributed by atoms with Crippen LogP contribution in [0.2, 0.25) is 0 Å². The maximum Gasteiger partial charge on any atom is 0.488 e. The second-order valence-electron chi connectivity index (χ2n) is 3.48. The quantitative estimate of drug-likeness (QED) is 0.739. The Morgan fingerprint density at radius 2 is 1.50 bits per heavy atom. The van der Waals surface area contributed by atoms with Crippen LogP contribution in [0.25, 0.3) is 11.1 Å². The van der Waals surface area contributed by atoms with Crippen LogP contribution in [0.3, 0.4) is 0 Å². The topological polar surface area (TPSA) is 40.5 Å². The van der Waals surface area contributed by atoms with E-state index in [1.807, 2.05) is 0 Å². The summed E-state index contributed by atoms with van der Waals surface area (Å²) >= 11 is 0. The third-order valence-corrected chi connectivity index (χ3v) is 2.39. The molecule has 2 N–H and O–H groups in total. The van der Waals surface area contributed by atoms with Crippen molar-refractivity contribution in [1.82, 2.24) is 0 Å². The molecule has 0 amide bonds. The number of benzene rings is 2. The second kappa shape index (κ2) is 4.47. The van der Waals surface area contributed by atoms with E-state index in [4.69, 9.17) is 10.0 Å². The van der Waals surface area contributed by atoms with Crippen molar-refractivity contribution in [2.75, 3.05) is 0 Å². The van der Waals surface area contributed by atoms with Crippen LogP contribution in [-0.4, -0.2) is 17.2 Å². The van der Waals surface area contributed by atoms with Gasteiger partial charge in [0, 0.05) is 5.56 Å². The molecule has 0 spiro atoms. The average molecular weight is 216 g/mol. The summed E-state index contributed by atoms with van der Waals surface area (Å²) in [4.78, 5) is 0. The third kappa shape index (κ3) is 2.13. The molecule has 0 unspecified atom stereocenters. The van der Waals surface area contributed by atoms with Gasteiger partial charge in [-0.15, -0.1) is 0 Å². The average Bonchev–Trinajstić information content (AvgIpc) is 2.30. The molecule has 2 rings (SSSR count). The van der Waals surface area contributed by atoms with Crippen molar-refractivity contribution in [3.8, 4) is 11.1 Å². The van der Waals surface area contributed by atoms with E-state index < -0.39 is 7.12 Å². The summed E-state index contributed by atoms with van der Waals surface area (Å²) in [6, 6.07) is 12.9. The normalized spacial score (nSPS) is 10.2. The van der Waals surface area contributed by atoms with E-state index in [0.29, 0.717) is 16.6 Å². The first kappa shape index (κ1) is 10.9. The first-order valence-electron chi connectivity index (χ1n) is 4.89. The van der Waals surface area contributed by atoms with Gasteiger partial charge in [-0.2, -0.15) is 0 Å². The molecule has 2 aromatic rings. The highest BCUT2D eigenvalue weighted by Gasteiger charge is 2.10. The smallest absolute Gasteiger partial charge is 0.423 e. The molecular weight excluding hydrogens is 206 g/mol. The van der Waals surface area contributed by atoms with Crippen molar-refractivity contribution in [2.45, 2.75) is 0 Å². The van der Waals surface area contributed by atoms with Gasteiger partial charge in [0.25, 0.3) is 0 Å². The van der Waals surface area contributed by atoms with Crippen molar-refractivity contribution in [3.63, 3.8) is 0 Å². The fourth-order valence-electron chi connectivity index (χ4n) is 1.53. The molecule has 2 aromatic carbocycles. The molecule has 0 saturated heterocycles. The van der Waals surface area contributed by atoms with Crippen LogP contribution in [0.4, 0.5) is 4.39 Å². The van der Waals surface area contributed by atoms with Crippen LogP contribution < -0.4 is 5.46 Å². The molecule has 0 saturated carbocycles. The van der Waals surface area contributed by atoms with Crippen LogP contribution in [0, 0.1) is 5.82 Å². The van der Waals surface area contributed by atoms with Crippen molar-refractivity contribution in [3.05, 3.63) is 54.3 Å². The monoisotopic (exact) mass is 216 g/mol. The summed E-state index contributed by atoms with van der Waals surface area (Å²) in [5, 5.41) is 17.8. The van der Waals surface area contributed by atoms with Gasteiger partial charge in [-0.1, -0.05) is 42.5 Å². The maximum absolute atomic E-state index is 13.4. The number of rotatable bonds is 2. The van der Waals surface area contributed by atoms with E-state index in [9.17, 15) is 4.39 Å². The SMILES string of the molecule is OB(O)c1ccc(-c2ccccc2F)cc1. The Morgan fingerprint density at radius 3 is 2.06 bits per heavy atom. The van der Waals surface area contributed by atoms with Gasteiger partial charge in [-0.05, 0) is 17.1 Å². The molecule has 0 aliphatic rings. The van der Waals surface area contributed by atoms with Gasteiger partial charge in [-0.3, -0.25) is 0 Å². The minimum Gasteiger partial charge on any atom is -0.423 e. The standard InChI is InChI=1S/C12H10BFO2/c14-12-4-2-1-3-11(12)9-5-7-10(8-6-9)13(15)16/h1-8,15-16H. The predicted molar refractivity (Wildman–Crippen MR) is 61.7 cm³/mol. The van der Waals surface area contributed by atoms with Crippen LogP contribution in [-0.2, 0) is 0 Å². The predicted octanol–water partition coefficient (Wildman–Crippen LogP) is 1.17. The van der Waals surface area contributed by atoms with Gasteiger partial charge >= 0.3 is 7.12 Å². The zero-order chi connectivity index (χ0) is 11.5. The van der Waals surface area contributed by atoms with Gasteiger partial charge in [0.15, 0.2) is 0 Å². The lowest BCUT2D eigenvalue weighted by Gasteiger charge is -2.04. The van der Waals surface area contributed by atoms with Gasteiger partial charge in [0.2, 0.25) is 0 Å². The zero-order valence-corrected chi connectivity index (χ0v) is 8.47. The van der Waals surface area contributed by atoms with Crippen LogP contribution in [0.1, 0.15) is 0 Å². The van der Waals surface area contributed by atoms with E-state index >= 15 is 0 Å². The molecule has 80 valence electrons. The molecule has 4 heteroatoms. The summed E-state index contributed by atoms with van der Waals surface area (Å²) in [7, 11) is -1.49. The number of hydrogen-bond donors (Lipinski definition) is 2. The molecule has 0 aliphatic carbocycles. The van der Waals surface area contributed by atoms with Crippen molar-refractivity contribution in [1.29, 1.82) is 0 Å². The molecule has 0 bridgehead atoms. The minimum atomic E-state index is -1.49.